The molecular weight excluding hydrogens is 690 g/mol. The van der Waals surface area contributed by atoms with Crippen molar-refractivity contribution < 1.29 is 25.2 Å². The molecule has 3 aliphatic rings. The molecule has 14 heteroatoms. The molecule has 0 atom stereocenters. The summed E-state index contributed by atoms with van der Waals surface area (Å²) in [6.07, 6.45) is 11.5. The average molecular weight is 742 g/mol. The fraction of sp³-hybridized carbons (Fsp3) is 0.475. The Morgan fingerprint density at radius 3 is 2.19 bits per heavy atom. The van der Waals surface area contributed by atoms with E-state index in [1.807, 2.05) is 30.5 Å². The molecule has 3 aliphatic heterocycles. The summed E-state index contributed by atoms with van der Waals surface area (Å²) in [7, 11) is 5.11. The first-order chi connectivity index (χ1) is 26.2. The number of piperidine rings is 2. The molecule has 3 aromatic heterocycles. The number of carbonyl (C=O) groups is 2. The summed E-state index contributed by atoms with van der Waals surface area (Å²) in [6, 6.07) is 9.06. The van der Waals surface area contributed by atoms with Gasteiger partial charge in [0, 0.05) is 103 Å². The number of amides is 3. The van der Waals surface area contributed by atoms with E-state index in [9.17, 15) is 19.2 Å². The van der Waals surface area contributed by atoms with Gasteiger partial charge in [0.05, 0.1) is 43.9 Å². The first-order valence-electron chi connectivity index (χ1n) is 18.8. The van der Waals surface area contributed by atoms with Crippen LogP contribution in [-0.4, -0.2) is 106 Å². The second-order valence-electron chi connectivity index (χ2n) is 14.4. The first kappa shape index (κ1) is 37.3. The number of aromatic nitrogens is 3. The molecule has 3 fully saturated rings. The number of imide groups is 1. The molecule has 14 nitrogen and oxygen atoms in total. The van der Waals surface area contributed by atoms with Crippen LogP contribution in [0.3, 0.4) is 0 Å². The zero-order chi connectivity index (χ0) is 37.8. The molecule has 288 valence electrons. The Balaban J connectivity index is 0.00000514. The molecule has 0 radical (unpaired) electrons. The van der Waals surface area contributed by atoms with Gasteiger partial charge in [0.2, 0.25) is 5.91 Å². The quantitative estimate of drug-likeness (QED) is 0.229. The largest absolute Gasteiger partial charge is 0.496 e. The van der Waals surface area contributed by atoms with Crippen molar-refractivity contribution in [2.45, 2.75) is 63.9 Å². The Morgan fingerprint density at radius 2 is 1.52 bits per heavy atom. The monoisotopic (exact) mass is 741 g/mol. The highest BCUT2D eigenvalue weighted by atomic mass is 16.5. The van der Waals surface area contributed by atoms with E-state index in [-0.39, 0.29) is 43.6 Å². The third-order valence-electron chi connectivity index (χ3n) is 11.0. The summed E-state index contributed by atoms with van der Waals surface area (Å²) in [5.41, 5.74) is 3.15. The van der Waals surface area contributed by atoms with Gasteiger partial charge in [-0.15, -0.1) is 0 Å². The summed E-state index contributed by atoms with van der Waals surface area (Å²) >= 11 is 0. The number of carbonyl (C=O) groups excluding carboxylic acids is 2. The number of ether oxygens (including phenoxy) is 3. The molecule has 0 unspecified atom stereocenters. The standard InChI is InChI=1S/C40H49N7O7.H2/c1-43-25-33(31-6-12-41-23-32(31)39(43)50)28-21-35(52-2)34(36(22-28)53-3)26-45-16-9-30(10-17-45)54-29-7-14-44(15-8-29)19-20-46-13-4-5-27(38(46)49)24-47-18-11-37(48)42-40(47)51;/h4-6,12-13,21-23,25,29-30H,7-11,14-20,24,26H2,1-3H3,(H,42,48,51);1H. The maximum Gasteiger partial charge on any atom is 0.324 e. The number of nitrogens with zero attached hydrogens (tertiary/aromatic N) is 6. The summed E-state index contributed by atoms with van der Waals surface area (Å²) in [4.78, 5) is 60.0. The van der Waals surface area contributed by atoms with Crippen LogP contribution in [0.25, 0.3) is 21.9 Å². The zero-order valence-electron chi connectivity index (χ0n) is 31.3. The molecule has 6 heterocycles. The Hall–Kier alpha value is -5.05. The Kier molecular flexibility index (Phi) is 11.4. The number of nitrogens with one attached hydrogen (secondary N) is 1. The minimum absolute atomic E-state index is 0. The highest BCUT2D eigenvalue weighted by Gasteiger charge is 2.28. The van der Waals surface area contributed by atoms with E-state index in [1.54, 1.807) is 55.1 Å². The van der Waals surface area contributed by atoms with Gasteiger partial charge >= 0.3 is 6.03 Å². The summed E-state index contributed by atoms with van der Waals surface area (Å²) in [5.74, 6) is 1.20. The van der Waals surface area contributed by atoms with Crippen molar-refractivity contribution >= 4 is 22.7 Å². The van der Waals surface area contributed by atoms with Gasteiger partial charge in [0.25, 0.3) is 11.1 Å². The SMILES string of the molecule is COc1cc(-c2cn(C)c(=O)c3cnccc23)cc(OC)c1CN1CCC(OC2CCN(CCn3cccc(CN4CCC(=O)NC4=O)c3=O)CC2)CC1.[HH]. The second kappa shape index (κ2) is 16.5. The van der Waals surface area contributed by atoms with Crippen LogP contribution >= 0.6 is 0 Å². The van der Waals surface area contributed by atoms with Crippen molar-refractivity contribution in [2.75, 3.05) is 53.5 Å². The molecule has 3 amide bonds. The number of likely N-dealkylation sites (tertiary alicyclic amines) is 2. The maximum atomic E-state index is 13.1. The van der Waals surface area contributed by atoms with Gasteiger partial charge in [0.1, 0.15) is 11.5 Å². The number of benzene rings is 1. The molecule has 4 aromatic rings. The molecule has 54 heavy (non-hydrogen) atoms. The first-order valence-corrected chi connectivity index (χ1v) is 18.8. The molecule has 0 saturated carbocycles. The van der Waals surface area contributed by atoms with E-state index < -0.39 is 6.03 Å². The fourth-order valence-corrected chi connectivity index (χ4v) is 7.89. The number of hydrogen-bond donors (Lipinski definition) is 1. The van der Waals surface area contributed by atoms with Crippen LogP contribution in [0, 0.1) is 0 Å². The van der Waals surface area contributed by atoms with Crippen LogP contribution in [-0.2, 0) is 36.2 Å². The molecular formula is C40H51N7O7. The third kappa shape index (κ3) is 8.20. The van der Waals surface area contributed by atoms with Crippen molar-refractivity contribution in [3.05, 3.63) is 87.0 Å². The van der Waals surface area contributed by atoms with Gasteiger partial charge < -0.3 is 33.1 Å². The van der Waals surface area contributed by atoms with Crippen LogP contribution in [0.1, 0.15) is 44.7 Å². The minimum atomic E-state index is -0.451. The number of methoxy groups -OCH3 is 2. The number of urea groups is 1. The van der Waals surface area contributed by atoms with E-state index >= 15 is 0 Å². The molecule has 0 bridgehead atoms. The van der Waals surface area contributed by atoms with Crippen molar-refractivity contribution in [2.24, 2.45) is 7.05 Å². The Labute approximate surface area is 315 Å². The number of fused-ring (bicyclic) bond motifs is 1. The smallest absolute Gasteiger partial charge is 0.324 e. The lowest BCUT2D eigenvalue weighted by Gasteiger charge is -2.37. The minimum Gasteiger partial charge on any atom is -0.496 e. The molecule has 7 rings (SSSR count). The fourth-order valence-electron chi connectivity index (χ4n) is 7.89. The van der Waals surface area contributed by atoms with Gasteiger partial charge in [0.15, 0.2) is 0 Å². The second-order valence-corrected chi connectivity index (χ2v) is 14.4. The van der Waals surface area contributed by atoms with E-state index in [2.05, 4.69) is 20.1 Å². The molecule has 1 aromatic carbocycles. The third-order valence-corrected chi connectivity index (χ3v) is 11.0. The lowest BCUT2D eigenvalue weighted by Crippen LogP contribution is -2.49. The van der Waals surface area contributed by atoms with Gasteiger partial charge in [-0.3, -0.25) is 29.6 Å². The van der Waals surface area contributed by atoms with Crippen LogP contribution in [0.5, 0.6) is 11.5 Å². The van der Waals surface area contributed by atoms with Gasteiger partial charge in [-0.25, -0.2) is 4.79 Å². The van der Waals surface area contributed by atoms with Crippen LogP contribution in [0.4, 0.5) is 4.79 Å². The van der Waals surface area contributed by atoms with E-state index in [4.69, 9.17) is 14.2 Å². The number of pyridine rings is 3. The van der Waals surface area contributed by atoms with Crippen molar-refractivity contribution in [3.8, 4) is 22.6 Å². The molecule has 3 saturated heterocycles. The van der Waals surface area contributed by atoms with Gasteiger partial charge in [-0.2, -0.15) is 0 Å². The normalized spacial score (nSPS) is 17.9. The highest BCUT2D eigenvalue weighted by Crippen LogP contribution is 2.38. The lowest BCUT2D eigenvalue weighted by molar-refractivity contribution is -0.121. The van der Waals surface area contributed by atoms with Crippen LogP contribution in [0.15, 0.2) is 64.7 Å². The van der Waals surface area contributed by atoms with Crippen LogP contribution < -0.4 is 25.9 Å². The predicted molar refractivity (Wildman–Crippen MR) is 206 cm³/mol. The zero-order valence-corrected chi connectivity index (χ0v) is 31.3. The molecule has 0 spiro atoms. The molecule has 1 N–H and O–H groups in total. The van der Waals surface area contributed by atoms with E-state index in [0.29, 0.717) is 30.6 Å². The van der Waals surface area contributed by atoms with Crippen LogP contribution in [0.2, 0.25) is 0 Å². The summed E-state index contributed by atoms with van der Waals surface area (Å²) < 4.78 is 21.8. The average Bonchev–Trinajstić information content (AvgIpc) is 3.19. The van der Waals surface area contributed by atoms with Crippen molar-refractivity contribution in [1.82, 2.24) is 34.1 Å². The van der Waals surface area contributed by atoms with E-state index in [1.165, 1.54) is 4.90 Å². The predicted octanol–water partition coefficient (Wildman–Crippen LogP) is 3.61. The van der Waals surface area contributed by atoms with E-state index in [0.717, 1.165) is 92.0 Å². The van der Waals surface area contributed by atoms with Crippen molar-refractivity contribution in [3.63, 3.8) is 0 Å². The van der Waals surface area contributed by atoms with Gasteiger partial charge in [-0.05, 0) is 60.9 Å². The number of aryl methyl sites for hydroxylation is 1. The number of rotatable bonds is 12. The highest BCUT2D eigenvalue weighted by molar-refractivity contribution is 5.97. The number of hydrogen-bond acceptors (Lipinski definition) is 10. The Morgan fingerprint density at radius 1 is 0.833 bits per heavy atom. The van der Waals surface area contributed by atoms with Gasteiger partial charge in [-0.1, -0.05) is 6.07 Å². The topological polar surface area (TPSA) is 140 Å². The Bertz CT molecular complexity index is 2100. The summed E-state index contributed by atoms with van der Waals surface area (Å²) in [5, 5.41) is 3.71. The van der Waals surface area contributed by atoms with Crippen molar-refractivity contribution in [1.29, 1.82) is 0 Å². The molecule has 0 aliphatic carbocycles. The maximum absolute atomic E-state index is 13.1. The summed E-state index contributed by atoms with van der Waals surface area (Å²) in [6.45, 7) is 6.17. The lowest BCUT2D eigenvalue weighted by atomic mass is 9.98.